The molecule has 2 aromatic carbocycles. The standard InChI is InChI=1S/C20H20N4O3/c25-18(23-16-7-8-16)13-1-5-15(6-2-13)22-19(26)14-3-9-17(10-4-14)24-12-11-21-20(24)27/h1-6,9-10,16H,7-8,11-12H2,(H,21,27)(H,22,26)(H,23,25). The summed E-state index contributed by atoms with van der Waals surface area (Å²) in [6, 6.07) is 13.9. The highest BCUT2D eigenvalue weighted by molar-refractivity contribution is 6.05. The molecular weight excluding hydrogens is 344 g/mol. The summed E-state index contributed by atoms with van der Waals surface area (Å²) in [5.41, 5.74) is 2.44. The van der Waals surface area contributed by atoms with Crippen LogP contribution in [-0.4, -0.2) is 37.0 Å². The first kappa shape index (κ1) is 17.1. The van der Waals surface area contributed by atoms with Gasteiger partial charge in [0.15, 0.2) is 0 Å². The molecule has 0 unspecified atom stereocenters. The second-order valence-corrected chi connectivity index (χ2v) is 6.71. The smallest absolute Gasteiger partial charge is 0.321 e. The lowest BCUT2D eigenvalue weighted by molar-refractivity contribution is 0.0950. The van der Waals surface area contributed by atoms with Gasteiger partial charge in [-0.2, -0.15) is 0 Å². The number of nitrogens with zero attached hydrogens (tertiary/aromatic N) is 1. The van der Waals surface area contributed by atoms with Gasteiger partial charge in [0, 0.05) is 41.6 Å². The van der Waals surface area contributed by atoms with E-state index in [-0.39, 0.29) is 17.8 Å². The quantitative estimate of drug-likeness (QED) is 0.761. The Labute approximate surface area is 156 Å². The number of anilines is 2. The van der Waals surface area contributed by atoms with E-state index in [1.165, 1.54) is 0 Å². The van der Waals surface area contributed by atoms with Crippen molar-refractivity contribution in [2.45, 2.75) is 18.9 Å². The van der Waals surface area contributed by atoms with Gasteiger partial charge >= 0.3 is 6.03 Å². The van der Waals surface area contributed by atoms with Crippen molar-refractivity contribution >= 4 is 29.2 Å². The number of urea groups is 1. The van der Waals surface area contributed by atoms with Crippen LogP contribution in [0, 0.1) is 0 Å². The second kappa shape index (κ2) is 7.11. The lowest BCUT2D eigenvalue weighted by Crippen LogP contribution is -2.27. The Morgan fingerprint density at radius 1 is 0.926 bits per heavy atom. The number of carbonyl (C=O) groups is 3. The lowest BCUT2D eigenvalue weighted by atomic mass is 10.1. The largest absolute Gasteiger partial charge is 0.349 e. The first-order chi connectivity index (χ1) is 13.1. The first-order valence-corrected chi connectivity index (χ1v) is 8.98. The molecule has 1 saturated carbocycles. The Morgan fingerprint density at radius 3 is 2.15 bits per heavy atom. The van der Waals surface area contributed by atoms with Gasteiger partial charge in [0.05, 0.1) is 0 Å². The molecule has 0 bridgehead atoms. The highest BCUT2D eigenvalue weighted by Gasteiger charge is 2.24. The molecule has 7 nitrogen and oxygen atoms in total. The van der Waals surface area contributed by atoms with Crippen LogP contribution in [0.15, 0.2) is 48.5 Å². The molecule has 0 atom stereocenters. The van der Waals surface area contributed by atoms with Gasteiger partial charge in [-0.1, -0.05) is 0 Å². The Hall–Kier alpha value is -3.35. The van der Waals surface area contributed by atoms with Crippen LogP contribution in [0.5, 0.6) is 0 Å². The van der Waals surface area contributed by atoms with Crippen LogP contribution in [0.1, 0.15) is 33.6 Å². The predicted octanol–water partition coefficient (Wildman–Crippen LogP) is 2.36. The molecule has 1 saturated heterocycles. The van der Waals surface area contributed by atoms with Crippen molar-refractivity contribution in [2.75, 3.05) is 23.3 Å². The minimum absolute atomic E-state index is 0.0862. The highest BCUT2D eigenvalue weighted by atomic mass is 16.2. The number of amides is 4. The average Bonchev–Trinajstić information content (AvgIpc) is 3.40. The molecule has 138 valence electrons. The van der Waals surface area contributed by atoms with E-state index in [1.54, 1.807) is 53.4 Å². The van der Waals surface area contributed by atoms with Crippen LogP contribution in [0.25, 0.3) is 0 Å². The Bertz CT molecular complexity index is 873. The zero-order valence-corrected chi connectivity index (χ0v) is 14.7. The molecule has 0 aromatic heterocycles. The maximum absolute atomic E-state index is 12.4. The SMILES string of the molecule is O=C(Nc1ccc(C(=O)NC2CC2)cc1)c1ccc(N2CCNC2=O)cc1. The monoisotopic (exact) mass is 364 g/mol. The third kappa shape index (κ3) is 3.92. The van der Waals surface area contributed by atoms with E-state index in [4.69, 9.17) is 0 Å². The second-order valence-electron chi connectivity index (χ2n) is 6.71. The minimum Gasteiger partial charge on any atom is -0.349 e. The molecule has 0 spiro atoms. The number of nitrogens with one attached hydrogen (secondary N) is 3. The molecular formula is C20H20N4O3. The van der Waals surface area contributed by atoms with E-state index >= 15 is 0 Å². The molecule has 4 rings (SSSR count). The third-order valence-electron chi connectivity index (χ3n) is 4.62. The van der Waals surface area contributed by atoms with Gasteiger partial charge in [-0.25, -0.2) is 4.79 Å². The lowest BCUT2D eigenvalue weighted by Gasteiger charge is -2.14. The molecule has 4 amide bonds. The first-order valence-electron chi connectivity index (χ1n) is 8.98. The van der Waals surface area contributed by atoms with Crippen molar-refractivity contribution < 1.29 is 14.4 Å². The highest BCUT2D eigenvalue weighted by Crippen LogP contribution is 2.20. The van der Waals surface area contributed by atoms with Crippen molar-refractivity contribution in [2.24, 2.45) is 0 Å². The van der Waals surface area contributed by atoms with Gasteiger partial charge in [0.2, 0.25) is 0 Å². The number of hydrogen-bond acceptors (Lipinski definition) is 3. The van der Waals surface area contributed by atoms with Crippen molar-refractivity contribution in [3.63, 3.8) is 0 Å². The van der Waals surface area contributed by atoms with Crippen LogP contribution >= 0.6 is 0 Å². The Balaban J connectivity index is 1.38. The van der Waals surface area contributed by atoms with Crippen LogP contribution < -0.4 is 20.9 Å². The van der Waals surface area contributed by atoms with Gasteiger partial charge in [-0.15, -0.1) is 0 Å². The summed E-state index contributed by atoms with van der Waals surface area (Å²) in [7, 11) is 0. The van der Waals surface area contributed by atoms with E-state index in [0.29, 0.717) is 35.9 Å². The topological polar surface area (TPSA) is 90.5 Å². The number of carbonyl (C=O) groups excluding carboxylic acids is 3. The number of rotatable bonds is 5. The van der Waals surface area contributed by atoms with Crippen LogP contribution in [0.2, 0.25) is 0 Å². The van der Waals surface area contributed by atoms with Gasteiger partial charge < -0.3 is 16.0 Å². The molecule has 2 aromatic rings. The summed E-state index contributed by atoms with van der Waals surface area (Å²) in [4.78, 5) is 37.7. The third-order valence-corrected chi connectivity index (χ3v) is 4.62. The molecule has 3 N–H and O–H groups in total. The average molecular weight is 364 g/mol. The summed E-state index contributed by atoms with van der Waals surface area (Å²) < 4.78 is 0. The van der Waals surface area contributed by atoms with E-state index < -0.39 is 0 Å². The van der Waals surface area contributed by atoms with Crippen LogP contribution in [0.3, 0.4) is 0 Å². The normalized spacial score (nSPS) is 16.0. The summed E-state index contributed by atoms with van der Waals surface area (Å²) >= 11 is 0. The number of benzene rings is 2. The fourth-order valence-electron chi connectivity index (χ4n) is 2.92. The molecule has 1 heterocycles. The number of hydrogen-bond donors (Lipinski definition) is 3. The van der Waals surface area contributed by atoms with E-state index in [1.807, 2.05) is 0 Å². The van der Waals surface area contributed by atoms with Crippen molar-refractivity contribution in [1.29, 1.82) is 0 Å². The predicted molar refractivity (Wildman–Crippen MR) is 102 cm³/mol. The van der Waals surface area contributed by atoms with Crippen molar-refractivity contribution in [1.82, 2.24) is 10.6 Å². The van der Waals surface area contributed by atoms with Crippen LogP contribution in [0.4, 0.5) is 16.2 Å². The minimum atomic E-state index is -0.248. The maximum Gasteiger partial charge on any atom is 0.321 e. The molecule has 1 aliphatic heterocycles. The van der Waals surface area contributed by atoms with Gasteiger partial charge in [-0.05, 0) is 61.4 Å². The molecule has 0 radical (unpaired) electrons. The zero-order valence-electron chi connectivity index (χ0n) is 14.7. The molecule has 7 heteroatoms. The fraction of sp³-hybridized carbons (Fsp3) is 0.250. The maximum atomic E-state index is 12.4. The van der Waals surface area contributed by atoms with E-state index in [0.717, 1.165) is 18.5 Å². The fourth-order valence-corrected chi connectivity index (χ4v) is 2.92. The zero-order chi connectivity index (χ0) is 18.8. The molecule has 2 fully saturated rings. The summed E-state index contributed by atoms with van der Waals surface area (Å²) in [6.45, 7) is 1.24. The van der Waals surface area contributed by atoms with Crippen LogP contribution in [-0.2, 0) is 0 Å². The Morgan fingerprint density at radius 2 is 1.56 bits per heavy atom. The van der Waals surface area contributed by atoms with E-state index in [2.05, 4.69) is 16.0 Å². The van der Waals surface area contributed by atoms with Crippen molar-refractivity contribution in [3.05, 3.63) is 59.7 Å². The van der Waals surface area contributed by atoms with Gasteiger partial charge in [0.25, 0.3) is 11.8 Å². The summed E-state index contributed by atoms with van der Waals surface area (Å²) in [6.07, 6.45) is 2.09. The summed E-state index contributed by atoms with van der Waals surface area (Å²) in [5, 5.41) is 8.48. The van der Waals surface area contributed by atoms with Gasteiger partial charge in [-0.3, -0.25) is 14.5 Å². The van der Waals surface area contributed by atoms with E-state index in [9.17, 15) is 14.4 Å². The molecule has 1 aliphatic carbocycles. The Kier molecular flexibility index (Phi) is 4.50. The van der Waals surface area contributed by atoms with Gasteiger partial charge in [0.1, 0.15) is 0 Å². The van der Waals surface area contributed by atoms with Crippen molar-refractivity contribution in [3.8, 4) is 0 Å². The molecule has 27 heavy (non-hydrogen) atoms. The molecule has 2 aliphatic rings. The summed E-state index contributed by atoms with van der Waals surface area (Å²) in [5.74, 6) is -0.334.